The van der Waals surface area contributed by atoms with E-state index >= 15 is 0 Å². The van der Waals surface area contributed by atoms with E-state index in [2.05, 4.69) is 23.9 Å². The Morgan fingerprint density at radius 3 is 2.36 bits per heavy atom. The van der Waals surface area contributed by atoms with E-state index in [0.717, 1.165) is 0 Å². The second-order valence-corrected chi connectivity index (χ2v) is 10.2. The Balaban J connectivity index is 1.58. The molecule has 0 aliphatic carbocycles. The summed E-state index contributed by atoms with van der Waals surface area (Å²) in [6, 6.07) is 12.5. The molecule has 1 aliphatic rings. The van der Waals surface area contributed by atoms with Crippen molar-refractivity contribution in [2.24, 2.45) is 11.8 Å². The minimum absolute atomic E-state index is 0.0588. The summed E-state index contributed by atoms with van der Waals surface area (Å²) in [6.45, 7) is 5.80. The minimum Gasteiger partial charge on any atom is -0.497 e. The molecule has 0 saturated carbocycles. The number of anilines is 1. The molecular formula is C24H31N3O5S. The van der Waals surface area contributed by atoms with E-state index in [1.165, 1.54) is 19.2 Å². The molecule has 0 atom stereocenters. The van der Waals surface area contributed by atoms with E-state index in [9.17, 15) is 18.0 Å². The van der Waals surface area contributed by atoms with Gasteiger partial charge in [0.15, 0.2) is 0 Å². The summed E-state index contributed by atoms with van der Waals surface area (Å²) in [5.41, 5.74) is 0.830. The number of carbonyl (C=O) groups is 2. The lowest BCUT2D eigenvalue weighted by atomic mass is 9.95. The number of carbonyl (C=O) groups excluding carboxylic acids is 2. The molecule has 0 radical (unpaired) electrons. The van der Waals surface area contributed by atoms with Crippen LogP contribution in [0, 0.1) is 11.8 Å². The fourth-order valence-electron chi connectivity index (χ4n) is 3.64. The number of benzene rings is 2. The molecule has 0 unspecified atom stereocenters. The van der Waals surface area contributed by atoms with Crippen molar-refractivity contribution in [1.82, 2.24) is 10.2 Å². The Hall–Kier alpha value is -3.07. The van der Waals surface area contributed by atoms with E-state index in [-0.39, 0.29) is 22.6 Å². The predicted octanol–water partition coefficient (Wildman–Crippen LogP) is 3.12. The highest BCUT2D eigenvalue weighted by atomic mass is 32.2. The largest absolute Gasteiger partial charge is 0.497 e. The predicted molar refractivity (Wildman–Crippen MR) is 127 cm³/mol. The van der Waals surface area contributed by atoms with Crippen molar-refractivity contribution in [2.75, 3.05) is 31.5 Å². The van der Waals surface area contributed by atoms with Crippen molar-refractivity contribution in [2.45, 2.75) is 31.6 Å². The second-order valence-electron chi connectivity index (χ2n) is 8.57. The number of piperidine rings is 1. The van der Waals surface area contributed by atoms with Crippen LogP contribution in [-0.4, -0.2) is 51.9 Å². The summed E-state index contributed by atoms with van der Waals surface area (Å²) < 4.78 is 32.9. The highest BCUT2D eigenvalue weighted by Gasteiger charge is 2.27. The number of ether oxygens (including phenoxy) is 1. The molecule has 9 heteroatoms. The first-order chi connectivity index (χ1) is 15.7. The van der Waals surface area contributed by atoms with Gasteiger partial charge in [-0.1, -0.05) is 19.9 Å². The van der Waals surface area contributed by atoms with Gasteiger partial charge in [0, 0.05) is 42.9 Å². The van der Waals surface area contributed by atoms with Crippen LogP contribution >= 0.6 is 0 Å². The number of hydrogen-bond acceptors (Lipinski definition) is 5. The molecule has 33 heavy (non-hydrogen) atoms. The maximum atomic E-state index is 12.9. The van der Waals surface area contributed by atoms with Crippen molar-refractivity contribution in [3.63, 3.8) is 0 Å². The molecule has 8 nitrogen and oxygen atoms in total. The molecule has 1 saturated heterocycles. The molecule has 0 bridgehead atoms. The van der Waals surface area contributed by atoms with E-state index in [1.807, 2.05) is 0 Å². The van der Waals surface area contributed by atoms with Gasteiger partial charge in [-0.3, -0.25) is 14.3 Å². The summed E-state index contributed by atoms with van der Waals surface area (Å²) in [4.78, 5) is 26.9. The van der Waals surface area contributed by atoms with Crippen LogP contribution in [0.1, 0.15) is 37.0 Å². The summed E-state index contributed by atoms with van der Waals surface area (Å²) in [5.74, 6) is 0.710. The normalized spacial score (nSPS) is 14.7. The Morgan fingerprint density at radius 1 is 1.09 bits per heavy atom. The van der Waals surface area contributed by atoms with Crippen LogP contribution in [0.2, 0.25) is 0 Å². The van der Waals surface area contributed by atoms with Crippen molar-refractivity contribution >= 4 is 27.5 Å². The smallest absolute Gasteiger partial charge is 0.262 e. The Morgan fingerprint density at radius 2 is 1.76 bits per heavy atom. The highest BCUT2D eigenvalue weighted by molar-refractivity contribution is 7.92. The number of hydrogen-bond donors (Lipinski definition) is 2. The standard InChI is InChI=1S/C24H31N3O5S/c1-17(2)16-25-23(28)18-11-13-27(14-12-18)24(29)19-7-9-20(10-8-19)26-33(30,31)22-6-4-5-21(15-22)32-3/h4-10,15,17-18,26H,11-14,16H2,1-3H3,(H,25,28). The first kappa shape index (κ1) is 24.6. The number of methoxy groups -OCH3 is 1. The first-order valence-corrected chi connectivity index (χ1v) is 12.5. The summed E-state index contributed by atoms with van der Waals surface area (Å²) in [5, 5.41) is 2.97. The number of rotatable bonds is 8. The van der Waals surface area contributed by atoms with Gasteiger partial charge in [0.1, 0.15) is 5.75 Å². The third-order valence-electron chi connectivity index (χ3n) is 5.57. The van der Waals surface area contributed by atoms with E-state index in [0.29, 0.717) is 55.4 Å². The lowest BCUT2D eigenvalue weighted by Gasteiger charge is -2.31. The number of nitrogens with zero attached hydrogens (tertiary/aromatic N) is 1. The average Bonchev–Trinajstić information content (AvgIpc) is 2.82. The lowest BCUT2D eigenvalue weighted by molar-refractivity contribution is -0.126. The third-order valence-corrected chi connectivity index (χ3v) is 6.95. The quantitative estimate of drug-likeness (QED) is 0.613. The molecule has 3 rings (SSSR count). The average molecular weight is 474 g/mol. The first-order valence-electron chi connectivity index (χ1n) is 11.0. The van der Waals surface area contributed by atoms with Gasteiger partial charge in [-0.15, -0.1) is 0 Å². The molecule has 2 N–H and O–H groups in total. The Kier molecular flexibility index (Phi) is 7.97. The summed E-state index contributed by atoms with van der Waals surface area (Å²) in [7, 11) is -2.32. The molecule has 1 heterocycles. The van der Waals surface area contributed by atoms with Crippen LogP contribution in [0.25, 0.3) is 0 Å². The fraction of sp³-hybridized carbons (Fsp3) is 0.417. The van der Waals surface area contributed by atoms with Gasteiger partial charge in [0.25, 0.3) is 15.9 Å². The lowest BCUT2D eigenvalue weighted by Crippen LogP contribution is -2.43. The topological polar surface area (TPSA) is 105 Å². The molecule has 0 spiro atoms. The molecule has 1 fully saturated rings. The van der Waals surface area contributed by atoms with Crippen LogP contribution in [-0.2, 0) is 14.8 Å². The maximum absolute atomic E-state index is 12.9. The zero-order valence-electron chi connectivity index (χ0n) is 19.2. The monoisotopic (exact) mass is 473 g/mol. The number of likely N-dealkylation sites (tertiary alicyclic amines) is 1. The van der Waals surface area contributed by atoms with Gasteiger partial charge in [-0.25, -0.2) is 8.42 Å². The summed E-state index contributed by atoms with van der Waals surface area (Å²) >= 11 is 0. The fourth-order valence-corrected chi connectivity index (χ4v) is 4.73. The Bertz CT molecular complexity index is 1080. The highest BCUT2D eigenvalue weighted by Crippen LogP contribution is 2.22. The van der Waals surface area contributed by atoms with E-state index < -0.39 is 10.0 Å². The van der Waals surface area contributed by atoms with Gasteiger partial charge in [0.05, 0.1) is 12.0 Å². The van der Waals surface area contributed by atoms with Crippen LogP contribution in [0.4, 0.5) is 5.69 Å². The number of sulfonamides is 1. The zero-order chi connectivity index (χ0) is 24.0. The third kappa shape index (κ3) is 6.47. The van der Waals surface area contributed by atoms with Crippen molar-refractivity contribution in [3.05, 3.63) is 54.1 Å². The summed E-state index contributed by atoms with van der Waals surface area (Å²) in [6.07, 6.45) is 1.27. The van der Waals surface area contributed by atoms with Crippen LogP contribution in [0.5, 0.6) is 5.75 Å². The molecule has 0 aromatic heterocycles. The van der Waals surface area contributed by atoms with Crippen molar-refractivity contribution < 1.29 is 22.7 Å². The number of nitrogens with one attached hydrogen (secondary N) is 2. The molecule has 1 aliphatic heterocycles. The van der Waals surface area contributed by atoms with Gasteiger partial charge < -0.3 is 15.0 Å². The molecule has 2 aromatic rings. The molecule has 2 amide bonds. The van der Waals surface area contributed by atoms with Crippen molar-refractivity contribution in [1.29, 1.82) is 0 Å². The van der Waals surface area contributed by atoms with E-state index in [1.54, 1.807) is 41.3 Å². The van der Waals surface area contributed by atoms with Crippen LogP contribution in [0.15, 0.2) is 53.4 Å². The van der Waals surface area contributed by atoms with Gasteiger partial charge >= 0.3 is 0 Å². The van der Waals surface area contributed by atoms with Crippen LogP contribution in [0.3, 0.4) is 0 Å². The molecular weight excluding hydrogens is 442 g/mol. The van der Waals surface area contributed by atoms with Gasteiger partial charge in [0.2, 0.25) is 5.91 Å². The van der Waals surface area contributed by atoms with Crippen molar-refractivity contribution in [3.8, 4) is 5.75 Å². The van der Waals surface area contributed by atoms with Crippen LogP contribution < -0.4 is 14.8 Å². The second kappa shape index (κ2) is 10.7. The SMILES string of the molecule is COc1cccc(S(=O)(=O)Nc2ccc(C(=O)N3CCC(C(=O)NCC(C)C)CC3)cc2)c1. The minimum atomic E-state index is -3.79. The molecule has 178 valence electrons. The Labute approximate surface area is 195 Å². The van der Waals surface area contributed by atoms with Gasteiger partial charge in [-0.2, -0.15) is 0 Å². The van der Waals surface area contributed by atoms with E-state index in [4.69, 9.17) is 4.74 Å². The van der Waals surface area contributed by atoms with Gasteiger partial charge in [-0.05, 0) is 55.2 Å². The zero-order valence-corrected chi connectivity index (χ0v) is 20.0. The maximum Gasteiger partial charge on any atom is 0.262 e. The number of amides is 2. The molecule has 2 aromatic carbocycles.